The molecule has 0 aromatic heterocycles. The quantitative estimate of drug-likeness (QED) is 0.516. The molecule has 30 heavy (non-hydrogen) atoms. The van der Waals surface area contributed by atoms with Crippen LogP contribution in [0.5, 0.6) is 11.5 Å². The van der Waals surface area contributed by atoms with Gasteiger partial charge in [-0.2, -0.15) is 0 Å². The highest BCUT2D eigenvalue weighted by Crippen LogP contribution is 2.32. The summed E-state index contributed by atoms with van der Waals surface area (Å²) in [5, 5.41) is 2.83. The first-order valence-corrected chi connectivity index (χ1v) is 10.2. The minimum absolute atomic E-state index is 0.0499. The average Bonchev–Trinajstić information content (AvgIpc) is 2.74. The molecule has 0 bridgehead atoms. The first kappa shape index (κ1) is 21.4. The first-order chi connectivity index (χ1) is 14.3. The van der Waals surface area contributed by atoms with Crippen LogP contribution in [0.4, 0.5) is 5.69 Å². The lowest BCUT2D eigenvalue weighted by Gasteiger charge is -2.26. The molecule has 0 radical (unpaired) electrons. The molecule has 4 heteroatoms. The largest absolute Gasteiger partial charge is 0.491 e. The lowest BCUT2D eigenvalue weighted by atomic mass is 9.78. The SMILES string of the molecule is CC(C)Oc1ccc(NC(=O)COc2ccc(C(C)(C)c3ccccc3)cc2)cc1. The summed E-state index contributed by atoms with van der Waals surface area (Å²) in [5.74, 6) is 1.23. The number of carbonyl (C=O) groups is 1. The van der Waals surface area contributed by atoms with Crippen molar-refractivity contribution in [3.63, 3.8) is 0 Å². The molecule has 156 valence electrons. The standard InChI is InChI=1S/C26H29NO3/c1-19(2)30-24-16-12-22(13-17-24)27-25(28)18-29-23-14-10-21(11-15-23)26(3,4)20-8-6-5-7-9-20/h5-17,19H,18H2,1-4H3,(H,27,28). The van der Waals surface area contributed by atoms with Gasteiger partial charge in [0.2, 0.25) is 0 Å². The van der Waals surface area contributed by atoms with E-state index in [4.69, 9.17) is 9.47 Å². The van der Waals surface area contributed by atoms with E-state index in [9.17, 15) is 4.79 Å². The third-order valence-electron chi connectivity index (χ3n) is 4.95. The normalized spacial score (nSPS) is 11.2. The van der Waals surface area contributed by atoms with Crippen molar-refractivity contribution >= 4 is 11.6 Å². The zero-order valence-corrected chi connectivity index (χ0v) is 18.0. The Morgan fingerprint density at radius 3 is 2.00 bits per heavy atom. The van der Waals surface area contributed by atoms with Crippen LogP contribution in [0.2, 0.25) is 0 Å². The van der Waals surface area contributed by atoms with E-state index >= 15 is 0 Å². The van der Waals surface area contributed by atoms with Crippen LogP contribution in [0, 0.1) is 0 Å². The van der Waals surface area contributed by atoms with Crippen LogP contribution >= 0.6 is 0 Å². The number of nitrogens with one attached hydrogen (secondary N) is 1. The van der Waals surface area contributed by atoms with Crippen LogP contribution in [-0.2, 0) is 10.2 Å². The van der Waals surface area contributed by atoms with Crippen LogP contribution in [0.25, 0.3) is 0 Å². The number of carbonyl (C=O) groups excluding carboxylic acids is 1. The van der Waals surface area contributed by atoms with Crippen molar-refractivity contribution in [1.82, 2.24) is 0 Å². The van der Waals surface area contributed by atoms with E-state index < -0.39 is 0 Å². The van der Waals surface area contributed by atoms with Gasteiger partial charge in [-0.15, -0.1) is 0 Å². The molecule has 0 aliphatic heterocycles. The summed E-state index contributed by atoms with van der Waals surface area (Å²) in [6.07, 6.45) is 0.114. The summed E-state index contributed by atoms with van der Waals surface area (Å²) in [7, 11) is 0. The molecular formula is C26H29NO3. The number of rotatable bonds is 8. The van der Waals surface area contributed by atoms with Gasteiger partial charge >= 0.3 is 0 Å². The van der Waals surface area contributed by atoms with Crippen molar-refractivity contribution < 1.29 is 14.3 Å². The summed E-state index contributed by atoms with van der Waals surface area (Å²) < 4.78 is 11.3. The first-order valence-electron chi connectivity index (χ1n) is 10.2. The minimum Gasteiger partial charge on any atom is -0.491 e. The molecule has 3 rings (SSSR count). The molecule has 0 unspecified atom stereocenters. The molecule has 3 aromatic rings. The maximum absolute atomic E-state index is 12.2. The Labute approximate surface area is 178 Å². The lowest BCUT2D eigenvalue weighted by Crippen LogP contribution is -2.20. The van der Waals surface area contributed by atoms with E-state index in [1.807, 2.05) is 68.4 Å². The molecule has 0 saturated carbocycles. The van der Waals surface area contributed by atoms with Gasteiger partial charge in [-0.05, 0) is 61.4 Å². The molecule has 0 spiro atoms. The van der Waals surface area contributed by atoms with Crippen molar-refractivity contribution in [1.29, 1.82) is 0 Å². The van der Waals surface area contributed by atoms with E-state index in [1.165, 1.54) is 11.1 Å². The summed E-state index contributed by atoms with van der Waals surface area (Å²) >= 11 is 0. The van der Waals surface area contributed by atoms with Crippen LogP contribution < -0.4 is 14.8 Å². The Bertz CT molecular complexity index is 946. The number of anilines is 1. The Morgan fingerprint density at radius 2 is 1.40 bits per heavy atom. The smallest absolute Gasteiger partial charge is 0.262 e. The van der Waals surface area contributed by atoms with Gasteiger partial charge in [-0.3, -0.25) is 4.79 Å². The molecule has 0 aliphatic rings. The van der Waals surface area contributed by atoms with E-state index in [0.717, 1.165) is 5.75 Å². The molecule has 0 aliphatic carbocycles. The van der Waals surface area contributed by atoms with Crippen molar-refractivity contribution in [2.24, 2.45) is 0 Å². The van der Waals surface area contributed by atoms with Crippen LogP contribution in [0.15, 0.2) is 78.9 Å². The number of ether oxygens (including phenoxy) is 2. The van der Waals surface area contributed by atoms with Gasteiger partial charge in [0, 0.05) is 11.1 Å². The second-order valence-corrected chi connectivity index (χ2v) is 8.04. The van der Waals surface area contributed by atoms with Gasteiger partial charge in [0.05, 0.1) is 6.10 Å². The zero-order chi connectivity index (χ0) is 21.6. The molecule has 1 amide bonds. The lowest BCUT2D eigenvalue weighted by molar-refractivity contribution is -0.118. The van der Waals surface area contributed by atoms with Gasteiger partial charge < -0.3 is 14.8 Å². The molecule has 1 N–H and O–H groups in total. The Balaban J connectivity index is 1.54. The summed E-state index contributed by atoms with van der Waals surface area (Å²) in [6.45, 7) is 8.29. The molecular weight excluding hydrogens is 374 g/mol. The third-order valence-corrected chi connectivity index (χ3v) is 4.95. The minimum atomic E-state index is -0.207. The predicted molar refractivity (Wildman–Crippen MR) is 121 cm³/mol. The highest BCUT2D eigenvalue weighted by atomic mass is 16.5. The molecule has 0 saturated heterocycles. The average molecular weight is 404 g/mol. The van der Waals surface area contributed by atoms with Crippen LogP contribution in [0.3, 0.4) is 0 Å². The molecule has 3 aromatic carbocycles. The second-order valence-electron chi connectivity index (χ2n) is 8.04. The molecule has 4 nitrogen and oxygen atoms in total. The van der Waals surface area contributed by atoms with Gasteiger partial charge in [0.1, 0.15) is 11.5 Å². The number of benzene rings is 3. The van der Waals surface area contributed by atoms with E-state index in [-0.39, 0.29) is 24.0 Å². The van der Waals surface area contributed by atoms with E-state index in [2.05, 4.69) is 43.4 Å². The van der Waals surface area contributed by atoms with Crippen LogP contribution in [0.1, 0.15) is 38.8 Å². The Hall–Kier alpha value is -3.27. The topological polar surface area (TPSA) is 47.6 Å². The van der Waals surface area contributed by atoms with Gasteiger partial charge in [-0.25, -0.2) is 0 Å². The summed E-state index contributed by atoms with van der Waals surface area (Å²) in [4.78, 5) is 12.2. The Morgan fingerprint density at radius 1 is 0.833 bits per heavy atom. The maximum Gasteiger partial charge on any atom is 0.262 e. The van der Waals surface area contributed by atoms with Crippen molar-refractivity contribution in [2.75, 3.05) is 11.9 Å². The number of hydrogen-bond donors (Lipinski definition) is 1. The van der Waals surface area contributed by atoms with Gasteiger partial charge in [-0.1, -0.05) is 56.3 Å². The summed E-state index contributed by atoms with van der Waals surface area (Å²) in [5.41, 5.74) is 3.04. The maximum atomic E-state index is 12.2. The third kappa shape index (κ3) is 5.63. The van der Waals surface area contributed by atoms with Crippen molar-refractivity contribution in [3.8, 4) is 11.5 Å². The Kier molecular flexibility index (Phi) is 6.78. The predicted octanol–water partition coefficient (Wildman–Crippen LogP) is 5.82. The number of amides is 1. The zero-order valence-electron chi connectivity index (χ0n) is 18.0. The fraction of sp³-hybridized carbons (Fsp3) is 0.269. The van der Waals surface area contributed by atoms with E-state index in [1.54, 1.807) is 0 Å². The highest BCUT2D eigenvalue weighted by molar-refractivity contribution is 5.91. The molecule has 0 heterocycles. The highest BCUT2D eigenvalue weighted by Gasteiger charge is 2.22. The van der Waals surface area contributed by atoms with Crippen molar-refractivity contribution in [3.05, 3.63) is 90.0 Å². The van der Waals surface area contributed by atoms with Gasteiger partial charge in [0.15, 0.2) is 6.61 Å². The van der Waals surface area contributed by atoms with Gasteiger partial charge in [0.25, 0.3) is 5.91 Å². The fourth-order valence-corrected chi connectivity index (χ4v) is 3.22. The van der Waals surface area contributed by atoms with Crippen molar-refractivity contribution in [2.45, 2.75) is 39.2 Å². The molecule has 0 fully saturated rings. The monoisotopic (exact) mass is 403 g/mol. The van der Waals surface area contributed by atoms with Crippen LogP contribution in [-0.4, -0.2) is 18.6 Å². The van der Waals surface area contributed by atoms with E-state index in [0.29, 0.717) is 11.4 Å². The molecule has 0 atom stereocenters. The summed E-state index contributed by atoms with van der Waals surface area (Å²) in [6, 6.07) is 25.6. The second kappa shape index (κ2) is 9.49. The number of hydrogen-bond acceptors (Lipinski definition) is 3. The fourth-order valence-electron chi connectivity index (χ4n) is 3.22.